The molecule has 6 fully saturated rings. The van der Waals surface area contributed by atoms with Gasteiger partial charge in [0.25, 0.3) is 23.4 Å². The summed E-state index contributed by atoms with van der Waals surface area (Å²) in [6, 6.07) is -2.25. The maximum absolute atomic E-state index is 14.4. The number of hydrogen-bond donors (Lipinski definition) is 5. The van der Waals surface area contributed by atoms with E-state index in [1.165, 1.54) is 24.0 Å². The van der Waals surface area contributed by atoms with Gasteiger partial charge in [0.15, 0.2) is 11.6 Å². The van der Waals surface area contributed by atoms with Crippen LogP contribution < -0.4 is 0 Å². The summed E-state index contributed by atoms with van der Waals surface area (Å²) in [5.41, 5.74) is 2.57. The van der Waals surface area contributed by atoms with Crippen molar-refractivity contribution in [3.63, 3.8) is 0 Å². The number of ketones is 6. The van der Waals surface area contributed by atoms with Gasteiger partial charge in [-0.15, -0.1) is 0 Å². The quantitative estimate of drug-likeness (QED) is 0.0688. The van der Waals surface area contributed by atoms with Crippen molar-refractivity contribution in [3.05, 3.63) is 95.2 Å². The first-order valence-electron chi connectivity index (χ1n) is 48.2. The topological polar surface area (TPSA) is 371 Å². The number of rotatable bonds is 12. The van der Waals surface area contributed by atoms with Crippen LogP contribution >= 0.6 is 0 Å². The molecule has 8 unspecified atom stereocenters. The zero-order valence-corrected chi connectivity index (χ0v) is 81.8. The standard InChI is InChI=1S/C52H81NO12.C51H79NO13/c1-31-17-13-12-14-18-32(2)44(62-10)29-40-23-21-38(8)52(60,65-40)49(57)50(58)53-24-16-15-19-41(53)51(59)64-45(35(5)27-39-22-20-33(3)43(28-39)61-9)30-42(54)34(4)26-37(7)47(56)48(63-11)46(55)36(6)25-31;1-30-16-12-11-13-17-31(2)42(61-8)28-38-21-19-36(7)51(60,65-38)48(57)49(58)52-23-15-14-18-39(52)50(59)64-43(33(4)26-37-20-22-40(53)44(27-37)62-9)29-41(54)32(3)25-35(6)46(56)47(63-10)45(55)34(5)24-30/h12-14,17-18,26,31,33-36,38-41,43-45,47-48,56,60H,15-16,19-25,27-30H2,1-11H3;11-13,16-17,25,30,32-34,36-40,42-44,46-47,53,56,60H,14-15,18-24,26-29H2,1-10H3/b14-12+,17-13+,32-18+,37-26+;13-11+,16-12+,31-17+,35-25+/t31-,33-,34-,35-,36?,38-,39?,40+,41+,43?,44+,45+,47-,48?,52-;30-,32-,33-,34?,36-,37?,38+,39+,40-,42+,43+,44?,46-,47?,51-/m11/s1. The monoisotopic (exact) mass is 1830 g/mol. The summed E-state index contributed by atoms with van der Waals surface area (Å²) in [6.07, 6.45) is 24.8. The summed E-state index contributed by atoms with van der Waals surface area (Å²) in [5, 5.41) is 57.2. The van der Waals surface area contributed by atoms with Crippen LogP contribution in [0.1, 0.15) is 258 Å². The van der Waals surface area contributed by atoms with Gasteiger partial charge in [-0.25, -0.2) is 9.59 Å². The number of carbonyl (C=O) groups excluding carboxylic acids is 10. The average molecular weight is 1830 g/mol. The molecule has 27 heteroatoms. The van der Waals surface area contributed by atoms with Crippen LogP contribution in [0.15, 0.2) is 95.2 Å². The first kappa shape index (κ1) is 110. The van der Waals surface area contributed by atoms with Crippen molar-refractivity contribution in [2.45, 2.75) is 361 Å². The van der Waals surface area contributed by atoms with Crippen molar-refractivity contribution in [2.24, 2.45) is 76.9 Å². The molecule has 6 aliphatic heterocycles. The molecule has 8 rings (SSSR count). The number of fused-ring (bicyclic) bond motifs is 6. The molecule has 6 heterocycles. The van der Waals surface area contributed by atoms with Crippen molar-refractivity contribution < 1.29 is 121 Å². The Hall–Kier alpha value is -6.70. The van der Waals surface area contributed by atoms with Gasteiger partial charge in [-0.1, -0.05) is 149 Å². The third-order valence-corrected chi connectivity index (χ3v) is 29.3. The van der Waals surface area contributed by atoms with Crippen LogP contribution in [0.2, 0.25) is 0 Å². The Morgan fingerprint density at radius 2 is 0.815 bits per heavy atom. The predicted molar refractivity (Wildman–Crippen MR) is 493 cm³/mol. The molecule has 2 aliphatic carbocycles. The summed E-state index contributed by atoms with van der Waals surface area (Å²) in [7, 11) is 9.22. The van der Waals surface area contributed by atoms with Gasteiger partial charge in [0, 0.05) is 117 Å². The smallest absolute Gasteiger partial charge is 0.329 e. The second kappa shape index (κ2) is 52.4. The number of cyclic esters (lactones) is 2. The number of Topliss-reactive ketones (excluding diaryl/α,β-unsaturated/α-hetero) is 6. The highest BCUT2D eigenvalue weighted by molar-refractivity contribution is 6.39. The number of esters is 2. The Morgan fingerprint density at radius 3 is 1.19 bits per heavy atom. The highest BCUT2D eigenvalue weighted by Gasteiger charge is 2.56. The van der Waals surface area contributed by atoms with Gasteiger partial charge in [-0.05, 0) is 220 Å². The molecule has 4 saturated heterocycles. The number of aliphatic hydroxyl groups excluding tert-OH is 3. The van der Waals surface area contributed by atoms with Gasteiger partial charge in [0.05, 0.1) is 42.7 Å². The zero-order chi connectivity index (χ0) is 96.3. The highest BCUT2D eigenvalue weighted by atomic mass is 16.6. The molecule has 0 spiro atoms. The van der Waals surface area contributed by atoms with Gasteiger partial charge in [0.1, 0.15) is 60.3 Å². The Labute approximate surface area is 774 Å². The molecule has 4 bridgehead atoms. The van der Waals surface area contributed by atoms with Crippen LogP contribution in [0, 0.1) is 76.9 Å². The molecule has 27 nitrogen and oxygen atoms in total. The zero-order valence-electron chi connectivity index (χ0n) is 81.8. The van der Waals surface area contributed by atoms with E-state index >= 15 is 0 Å². The number of piperidine rings is 2. The summed E-state index contributed by atoms with van der Waals surface area (Å²) >= 11 is 0. The van der Waals surface area contributed by atoms with Crippen molar-refractivity contribution in [3.8, 4) is 0 Å². The van der Waals surface area contributed by atoms with Gasteiger partial charge in [-0.3, -0.25) is 38.4 Å². The number of aliphatic hydroxyl groups is 5. The second-order valence-electron chi connectivity index (χ2n) is 39.6. The maximum Gasteiger partial charge on any atom is 0.329 e. The lowest BCUT2D eigenvalue weighted by molar-refractivity contribution is -0.265. The lowest BCUT2D eigenvalue weighted by Gasteiger charge is -2.42. The van der Waals surface area contributed by atoms with E-state index in [1.54, 1.807) is 82.1 Å². The first-order valence-corrected chi connectivity index (χ1v) is 48.2. The fourth-order valence-corrected chi connectivity index (χ4v) is 20.5. The molecular weight excluding hydrogens is 1670 g/mol. The third kappa shape index (κ3) is 30.1. The van der Waals surface area contributed by atoms with E-state index in [-0.39, 0.29) is 110 Å². The number of ether oxygens (including phenoxy) is 10. The van der Waals surface area contributed by atoms with E-state index in [0.29, 0.717) is 120 Å². The maximum atomic E-state index is 14.4. The lowest BCUT2D eigenvalue weighted by Crippen LogP contribution is -2.61. The van der Waals surface area contributed by atoms with E-state index in [2.05, 4.69) is 6.92 Å². The lowest BCUT2D eigenvalue weighted by atomic mass is 9.76. The van der Waals surface area contributed by atoms with E-state index in [4.69, 9.17) is 47.4 Å². The van der Waals surface area contributed by atoms with Gasteiger partial charge >= 0.3 is 11.9 Å². The van der Waals surface area contributed by atoms with Crippen molar-refractivity contribution in [2.75, 3.05) is 55.7 Å². The fourth-order valence-electron chi connectivity index (χ4n) is 20.5. The molecule has 5 N–H and O–H groups in total. The van der Waals surface area contributed by atoms with E-state index < -0.39 is 162 Å². The van der Waals surface area contributed by atoms with Crippen LogP contribution in [0.4, 0.5) is 0 Å². The molecule has 2 amide bonds. The molecule has 732 valence electrons. The number of hydrogen-bond acceptors (Lipinski definition) is 25. The van der Waals surface area contributed by atoms with Crippen LogP contribution in [-0.4, -0.2) is 253 Å². The minimum atomic E-state index is -2.43. The van der Waals surface area contributed by atoms with Crippen molar-refractivity contribution in [1.29, 1.82) is 0 Å². The Morgan fingerprint density at radius 1 is 0.431 bits per heavy atom. The molecule has 0 aromatic carbocycles. The SMILES string of the molecule is COC1CC(C[C@@H](C)[C@@H]2CC(=O)[C@H](C)/C=C(\C)[C@@H](O)C(OC)C(=O)C(C)C[C@H](C)/C=C/C=C/C=C(\C)[C@@H](OC)C[C@@H]3CC[C@@H](C)[C@@](O)(O3)C(=O)C(=O)N3CCCC[C@H]3C(=O)O2)CC[C@H]1C.COC1CC(C[C@@H](C)[C@@H]2CC(=O)[C@H](C)/C=C(\C)[C@@H](O)C(OC)C(=O)C(C)C[C@H](C)/C=C/C=C/C=C(\C)[C@@H](OC)C[C@@H]3CC[C@@H](C)[C@@](O)(O3)C(=O)C(=O)N3CCCC[C@H]3C(=O)O2)CC[C@H]1O. The van der Waals surface area contributed by atoms with Crippen molar-refractivity contribution in [1.82, 2.24) is 9.80 Å². The number of nitrogens with zero attached hydrogens (tertiary/aromatic N) is 2. The highest BCUT2D eigenvalue weighted by Crippen LogP contribution is 2.42. The molecular formula is C103H160N2O25. The largest absolute Gasteiger partial charge is 0.460 e. The van der Waals surface area contributed by atoms with Gasteiger partial charge in [-0.2, -0.15) is 0 Å². The molecule has 30 atom stereocenters. The van der Waals surface area contributed by atoms with Crippen LogP contribution in [-0.2, 0) is 95.3 Å². The van der Waals surface area contributed by atoms with Crippen molar-refractivity contribution >= 4 is 58.5 Å². The Balaban J connectivity index is 0.000000356. The molecule has 8 aliphatic rings. The first-order chi connectivity index (χ1) is 61.5. The van der Waals surface area contributed by atoms with Crippen LogP contribution in [0.25, 0.3) is 0 Å². The summed E-state index contributed by atoms with van der Waals surface area (Å²) in [4.78, 5) is 144. The fraction of sp³-hybridized carbons (Fsp3) is 0.748. The van der Waals surface area contributed by atoms with Gasteiger partial charge in [0.2, 0.25) is 11.6 Å². The van der Waals surface area contributed by atoms with Crippen LogP contribution in [0.5, 0.6) is 0 Å². The Kier molecular flexibility index (Phi) is 44.5. The summed E-state index contributed by atoms with van der Waals surface area (Å²) in [5.74, 6) is -15.0. The summed E-state index contributed by atoms with van der Waals surface area (Å²) in [6.45, 7) is 27.8. The number of allylic oxidation sites excluding steroid dienone is 12. The minimum absolute atomic E-state index is 0.0193. The third-order valence-electron chi connectivity index (χ3n) is 29.3. The second-order valence-corrected chi connectivity index (χ2v) is 39.6. The molecule has 0 aromatic rings. The van der Waals surface area contributed by atoms with Gasteiger partial charge < -0.3 is 82.7 Å². The van der Waals surface area contributed by atoms with E-state index in [9.17, 15) is 73.5 Å². The molecule has 2 saturated carbocycles. The van der Waals surface area contributed by atoms with E-state index in [0.717, 1.165) is 36.8 Å². The number of carbonyl (C=O) groups is 10. The predicted octanol–water partition coefficient (Wildman–Crippen LogP) is 13.6. The van der Waals surface area contributed by atoms with Crippen LogP contribution in [0.3, 0.4) is 0 Å². The minimum Gasteiger partial charge on any atom is -0.460 e. The molecule has 0 aromatic heterocycles. The van der Waals surface area contributed by atoms with E-state index in [1.807, 2.05) is 116 Å². The Bertz CT molecular complexity index is 3760. The molecule has 130 heavy (non-hydrogen) atoms. The molecule has 0 radical (unpaired) electrons. The number of methoxy groups -OCH3 is 6. The number of amides is 2. The average Bonchev–Trinajstić information content (AvgIpc) is 0.774. The summed E-state index contributed by atoms with van der Waals surface area (Å²) < 4.78 is 59.1. The normalized spacial score (nSPS) is 40.4.